The predicted molar refractivity (Wildman–Crippen MR) is 83.6 cm³/mol. The van der Waals surface area contributed by atoms with Gasteiger partial charge in [-0.2, -0.15) is 0 Å². The van der Waals surface area contributed by atoms with Crippen LogP contribution in [0, 0.1) is 18.8 Å². The highest BCUT2D eigenvalue weighted by molar-refractivity contribution is 5.96. The maximum atomic E-state index is 12.5. The number of aryl methyl sites for hydroxylation is 1. The summed E-state index contributed by atoms with van der Waals surface area (Å²) in [6.07, 6.45) is 0. The molecule has 1 heterocycles. The van der Waals surface area contributed by atoms with Crippen molar-refractivity contribution in [2.75, 3.05) is 39.8 Å². The fourth-order valence-electron chi connectivity index (χ4n) is 2.22. The van der Waals surface area contributed by atoms with E-state index in [0.29, 0.717) is 5.56 Å². The van der Waals surface area contributed by atoms with E-state index in [4.69, 9.17) is 5.73 Å². The largest absolute Gasteiger partial charge is 0.320 e. The Bertz CT molecular complexity index is 565. The first kappa shape index (κ1) is 15.5. The van der Waals surface area contributed by atoms with Crippen LogP contribution in [0.25, 0.3) is 0 Å². The summed E-state index contributed by atoms with van der Waals surface area (Å²) < 4.78 is 0. The topological polar surface area (TPSA) is 61.6 Å². The Morgan fingerprint density at radius 3 is 2.71 bits per heavy atom. The van der Waals surface area contributed by atoms with Crippen molar-refractivity contribution < 1.29 is 4.79 Å². The number of amides is 1. The van der Waals surface area contributed by atoms with E-state index in [2.05, 4.69) is 29.2 Å². The summed E-state index contributed by atoms with van der Waals surface area (Å²) in [5.41, 5.74) is 10.7. The zero-order chi connectivity index (χ0) is 15.2. The third-order valence-corrected chi connectivity index (χ3v) is 3.51. The van der Waals surface area contributed by atoms with Crippen molar-refractivity contribution in [3.05, 3.63) is 34.9 Å². The van der Waals surface area contributed by atoms with E-state index in [1.807, 2.05) is 30.1 Å². The first-order valence-electron chi connectivity index (χ1n) is 7.14. The van der Waals surface area contributed by atoms with Gasteiger partial charge in [0.2, 0.25) is 0 Å². The lowest BCUT2D eigenvalue weighted by molar-refractivity contribution is 0.0662. The molecule has 5 nitrogen and oxygen atoms in total. The molecule has 1 aromatic rings. The molecule has 1 saturated heterocycles. The zero-order valence-corrected chi connectivity index (χ0v) is 12.6. The van der Waals surface area contributed by atoms with Crippen molar-refractivity contribution in [3.8, 4) is 11.8 Å². The van der Waals surface area contributed by atoms with Crippen LogP contribution in [-0.2, 0) is 0 Å². The van der Waals surface area contributed by atoms with Crippen LogP contribution >= 0.6 is 0 Å². The molecule has 0 atom stereocenters. The van der Waals surface area contributed by atoms with Crippen LogP contribution in [0.2, 0.25) is 0 Å². The number of hydrazine groups is 1. The van der Waals surface area contributed by atoms with Gasteiger partial charge < -0.3 is 10.6 Å². The third-order valence-electron chi connectivity index (χ3n) is 3.51. The number of hydrogen-bond donors (Lipinski definition) is 2. The van der Waals surface area contributed by atoms with Crippen LogP contribution in [0.5, 0.6) is 0 Å². The van der Waals surface area contributed by atoms with Gasteiger partial charge in [-0.05, 0) is 26.1 Å². The van der Waals surface area contributed by atoms with Gasteiger partial charge in [0.1, 0.15) is 0 Å². The molecule has 3 N–H and O–H groups in total. The summed E-state index contributed by atoms with van der Waals surface area (Å²) in [4.78, 5) is 14.7. The van der Waals surface area contributed by atoms with Crippen LogP contribution in [0.15, 0.2) is 18.2 Å². The number of carbonyl (C=O) groups is 1. The van der Waals surface area contributed by atoms with Crippen molar-refractivity contribution in [1.29, 1.82) is 0 Å². The highest BCUT2D eigenvalue weighted by atomic mass is 16.2. The van der Waals surface area contributed by atoms with Gasteiger partial charge in [0.15, 0.2) is 0 Å². The molecule has 1 amide bonds. The van der Waals surface area contributed by atoms with Crippen molar-refractivity contribution in [3.63, 3.8) is 0 Å². The number of piperazine rings is 1. The molecular formula is C16H22N4O. The van der Waals surface area contributed by atoms with Crippen LogP contribution in [0.4, 0.5) is 0 Å². The molecule has 0 aliphatic carbocycles. The van der Waals surface area contributed by atoms with Gasteiger partial charge >= 0.3 is 0 Å². The molecule has 2 rings (SSSR count). The first-order chi connectivity index (χ1) is 10.1. The third kappa shape index (κ3) is 4.30. The number of rotatable bonds is 2. The summed E-state index contributed by atoms with van der Waals surface area (Å²) >= 11 is 0. The quantitative estimate of drug-likeness (QED) is 0.762. The SMILES string of the molecule is Cc1ccc(C#CCN)c(C(=O)NN2CCN(C)CC2)c1. The van der Waals surface area contributed by atoms with Gasteiger partial charge in [0.25, 0.3) is 5.91 Å². The molecule has 0 bridgehead atoms. The van der Waals surface area contributed by atoms with Gasteiger partial charge in [-0.25, -0.2) is 5.01 Å². The maximum Gasteiger partial charge on any atom is 0.266 e. The molecular weight excluding hydrogens is 264 g/mol. The smallest absolute Gasteiger partial charge is 0.266 e. The number of nitrogens with two attached hydrogens (primary N) is 1. The molecule has 5 heteroatoms. The Balaban J connectivity index is 2.12. The summed E-state index contributed by atoms with van der Waals surface area (Å²) in [6.45, 7) is 5.82. The Morgan fingerprint density at radius 1 is 1.33 bits per heavy atom. The number of benzene rings is 1. The number of carbonyl (C=O) groups excluding carboxylic acids is 1. The van der Waals surface area contributed by atoms with Crippen molar-refractivity contribution in [1.82, 2.24) is 15.3 Å². The van der Waals surface area contributed by atoms with Crippen LogP contribution in [0.1, 0.15) is 21.5 Å². The van der Waals surface area contributed by atoms with Gasteiger partial charge in [0.05, 0.1) is 12.1 Å². The monoisotopic (exact) mass is 286 g/mol. The van der Waals surface area contributed by atoms with E-state index in [0.717, 1.165) is 37.3 Å². The van der Waals surface area contributed by atoms with E-state index in [1.165, 1.54) is 0 Å². The van der Waals surface area contributed by atoms with E-state index < -0.39 is 0 Å². The van der Waals surface area contributed by atoms with Crippen LogP contribution < -0.4 is 11.2 Å². The highest BCUT2D eigenvalue weighted by Crippen LogP contribution is 2.11. The Kier molecular flexibility index (Phi) is 5.34. The molecule has 1 aliphatic heterocycles. The standard InChI is InChI=1S/C16H22N4O/c1-13-5-6-14(4-3-7-17)15(12-13)16(21)18-20-10-8-19(2)9-11-20/h5-6,12H,7-11,17H2,1-2H3,(H,18,21). The minimum absolute atomic E-state index is 0.107. The van der Waals surface area contributed by atoms with E-state index >= 15 is 0 Å². The predicted octanol–water partition coefficient (Wildman–Crippen LogP) is 0.197. The fourth-order valence-corrected chi connectivity index (χ4v) is 2.22. The van der Waals surface area contributed by atoms with E-state index in [1.54, 1.807) is 0 Å². The lowest BCUT2D eigenvalue weighted by atomic mass is 10.0. The minimum atomic E-state index is -0.107. The molecule has 1 fully saturated rings. The highest BCUT2D eigenvalue weighted by Gasteiger charge is 2.18. The number of nitrogens with one attached hydrogen (secondary N) is 1. The van der Waals surface area contributed by atoms with Gasteiger partial charge in [-0.3, -0.25) is 10.2 Å². The molecule has 0 spiro atoms. The lowest BCUT2D eigenvalue weighted by Gasteiger charge is -2.32. The molecule has 0 aromatic heterocycles. The minimum Gasteiger partial charge on any atom is -0.320 e. The number of nitrogens with zero attached hydrogens (tertiary/aromatic N) is 2. The van der Waals surface area contributed by atoms with Crippen LogP contribution in [0.3, 0.4) is 0 Å². The Hall–Kier alpha value is -1.87. The van der Waals surface area contributed by atoms with Gasteiger partial charge in [-0.15, -0.1) is 0 Å². The lowest BCUT2D eigenvalue weighted by Crippen LogP contribution is -2.52. The molecule has 0 unspecified atom stereocenters. The van der Waals surface area contributed by atoms with Gasteiger partial charge in [0, 0.05) is 31.7 Å². The Labute approximate surface area is 126 Å². The number of likely N-dealkylation sites (N-methyl/N-ethyl adjacent to an activating group) is 1. The van der Waals surface area contributed by atoms with Crippen molar-refractivity contribution in [2.24, 2.45) is 5.73 Å². The van der Waals surface area contributed by atoms with Crippen molar-refractivity contribution >= 4 is 5.91 Å². The second-order valence-electron chi connectivity index (χ2n) is 5.29. The first-order valence-corrected chi connectivity index (χ1v) is 7.14. The van der Waals surface area contributed by atoms with Crippen LogP contribution in [-0.4, -0.2) is 55.6 Å². The fraction of sp³-hybridized carbons (Fsp3) is 0.438. The van der Waals surface area contributed by atoms with E-state index in [-0.39, 0.29) is 12.5 Å². The summed E-state index contributed by atoms with van der Waals surface area (Å²) in [5.74, 6) is 5.66. The van der Waals surface area contributed by atoms with Crippen molar-refractivity contribution in [2.45, 2.75) is 6.92 Å². The molecule has 1 aliphatic rings. The molecule has 21 heavy (non-hydrogen) atoms. The maximum absolute atomic E-state index is 12.5. The average molecular weight is 286 g/mol. The zero-order valence-electron chi connectivity index (χ0n) is 12.6. The Morgan fingerprint density at radius 2 is 2.05 bits per heavy atom. The van der Waals surface area contributed by atoms with Gasteiger partial charge in [-0.1, -0.05) is 23.5 Å². The number of hydrogen-bond acceptors (Lipinski definition) is 4. The summed E-state index contributed by atoms with van der Waals surface area (Å²) in [7, 11) is 2.08. The molecule has 1 aromatic carbocycles. The molecule has 0 saturated carbocycles. The normalized spacial score (nSPS) is 16.1. The van der Waals surface area contributed by atoms with E-state index in [9.17, 15) is 4.79 Å². The summed E-state index contributed by atoms with van der Waals surface area (Å²) in [6, 6.07) is 5.69. The molecule has 0 radical (unpaired) electrons. The second kappa shape index (κ2) is 7.23. The average Bonchev–Trinajstić information content (AvgIpc) is 2.48. The second-order valence-corrected chi connectivity index (χ2v) is 5.29. The summed E-state index contributed by atoms with van der Waals surface area (Å²) in [5, 5.41) is 1.96. The molecule has 112 valence electrons.